The fraction of sp³-hybridized carbons (Fsp3) is 0.944. The molecule has 1 heterocycles. The lowest BCUT2D eigenvalue weighted by Gasteiger charge is -2.70. The van der Waals surface area contributed by atoms with E-state index in [1.54, 1.807) is 0 Å². The van der Waals surface area contributed by atoms with Crippen molar-refractivity contribution >= 4 is 0 Å². The third-order valence-corrected chi connectivity index (χ3v) is 14.3. The summed E-state index contributed by atoms with van der Waals surface area (Å²) in [6.07, 6.45) is 3.85. The summed E-state index contributed by atoms with van der Waals surface area (Å²) in [6, 6.07) is 0. The van der Waals surface area contributed by atoms with Crippen LogP contribution in [-0.2, 0) is 9.47 Å². The predicted molar refractivity (Wildman–Crippen MR) is 168 cm³/mol. The fourth-order valence-electron chi connectivity index (χ4n) is 11.6. The van der Waals surface area contributed by atoms with Crippen LogP contribution in [0, 0.1) is 45.3 Å². The van der Waals surface area contributed by atoms with Crippen molar-refractivity contribution in [3.8, 4) is 0 Å². The van der Waals surface area contributed by atoms with Gasteiger partial charge in [-0.3, -0.25) is 0 Å². The Labute approximate surface area is 265 Å². The number of aliphatic hydroxyl groups excluding tert-OH is 5. The highest BCUT2D eigenvalue weighted by Gasteiger charge is 2.70. The van der Waals surface area contributed by atoms with Crippen LogP contribution in [0.5, 0.6) is 0 Å². The highest BCUT2D eigenvalue weighted by Crippen LogP contribution is 2.75. The second kappa shape index (κ2) is 11.8. The summed E-state index contributed by atoms with van der Waals surface area (Å²) in [5.41, 5.74) is 0.589. The summed E-state index contributed by atoms with van der Waals surface area (Å²) < 4.78 is 12.2. The molecule has 5 rings (SSSR count). The second-order valence-electron chi connectivity index (χ2n) is 17.4. The Balaban J connectivity index is 1.36. The molecule has 1 saturated heterocycles. The summed E-state index contributed by atoms with van der Waals surface area (Å²) in [5.74, 6) is 1.32. The topological polar surface area (TPSA) is 140 Å². The zero-order valence-electron chi connectivity index (χ0n) is 28.5. The molecule has 0 aromatic carbocycles. The molecule has 4 saturated carbocycles. The van der Waals surface area contributed by atoms with E-state index < -0.39 is 42.9 Å². The van der Waals surface area contributed by atoms with Crippen molar-refractivity contribution in [2.75, 3.05) is 6.61 Å². The first-order valence-electron chi connectivity index (χ1n) is 17.3. The Morgan fingerprint density at radius 1 is 0.886 bits per heavy atom. The standard InChI is InChI=1S/C36H62O8/c1-20(10-9-14-32(2,3)42)21-11-16-36(8)27(21)22(38)18-25-34(6)15-13-26(33(4,5)24(34)12-17-35(25,36)7)44-31-30(41)29(40)28(39)23(19-37)43-31/h10,21-31,37-42H,9,11-19H2,1-8H3/b20-10+/t21-,22+,23-,24+,25-,26-,27+,28-,29+,30-,31+,34+,35-,36-/m1/s1. The van der Waals surface area contributed by atoms with E-state index >= 15 is 0 Å². The monoisotopic (exact) mass is 622 g/mol. The van der Waals surface area contributed by atoms with E-state index in [0.717, 1.165) is 57.8 Å². The Kier molecular flexibility index (Phi) is 9.35. The van der Waals surface area contributed by atoms with Crippen LogP contribution in [0.25, 0.3) is 0 Å². The summed E-state index contributed by atoms with van der Waals surface area (Å²) >= 11 is 0. The number of hydrogen-bond acceptors (Lipinski definition) is 8. The van der Waals surface area contributed by atoms with Crippen molar-refractivity contribution in [1.29, 1.82) is 0 Å². The average molecular weight is 623 g/mol. The smallest absolute Gasteiger partial charge is 0.186 e. The van der Waals surface area contributed by atoms with Gasteiger partial charge in [0.1, 0.15) is 24.4 Å². The Bertz CT molecular complexity index is 1070. The van der Waals surface area contributed by atoms with Crippen molar-refractivity contribution in [3.63, 3.8) is 0 Å². The highest BCUT2D eigenvalue weighted by atomic mass is 16.7. The third kappa shape index (κ3) is 5.45. The molecule has 8 heteroatoms. The lowest BCUT2D eigenvalue weighted by atomic mass is 9.35. The molecule has 4 aliphatic carbocycles. The molecule has 5 aliphatic rings. The molecule has 0 aromatic rings. The SMILES string of the molecule is C/C(=C\CCC(C)(C)O)[C@H]1CC[C@]2(C)[C@@H]1[C@@H](O)C[C@@H]1[C@@]3(C)CC[C@@H](O[C@@H]4O[C@H](CO)[C@@H](O)[C@H](O)[C@H]4O)C(C)(C)[C@@H]3CC[C@]12C. The molecule has 0 radical (unpaired) electrons. The van der Waals surface area contributed by atoms with Gasteiger partial charge in [0.05, 0.1) is 24.4 Å². The summed E-state index contributed by atoms with van der Waals surface area (Å²) in [5, 5.41) is 63.2. The van der Waals surface area contributed by atoms with Crippen LogP contribution in [0.2, 0.25) is 0 Å². The summed E-state index contributed by atoms with van der Waals surface area (Å²) in [6.45, 7) is 17.4. The molecule has 5 fully saturated rings. The molecule has 0 bridgehead atoms. The van der Waals surface area contributed by atoms with Gasteiger partial charge in [0.2, 0.25) is 0 Å². The maximum atomic E-state index is 12.0. The summed E-state index contributed by atoms with van der Waals surface area (Å²) in [7, 11) is 0. The first-order chi connectivity index (χ1) is 20.3. The zero-order chi connectivity index (χ0) is 32.6. The molecule has 44 heavy (non-hydrogen) atoms. The van der Waals surface area contributed by atoms with Crippen molar-refractivity contribution < 1.29 is 40.1 Å². The van der Waals surface area contributed by atoms with Gasteiger partial charge in [-0.15, -0.1) is 0 Å². The molecule has 0 amide bonds. The highest BCUT2D eigenvalue weighted by molar-refractivity contribution is 5.22. The predicted octanol–water partition coefficient (Wildman–Crippen LogP) is 4.32. The van der Waals surface area contributed by atoms with Crippen molar-refractivity contribution in [1.82, 2.24) is 0 Å². The molecule has 254 valence electrons. The van der Waals surface area contributed by atoms with E-state index in [-0.39, 0.29) is 39.8 Å². The molecule has 14 atom stereocenters. The average Bonchev–Trinajstić information content (AvgIpc) is 3.31. The van der Waals surface area contributed by atoms with Gasteiger partial charge >= 0.3 is 0 Å². The van der Waals surface area contributed by atoms with E-state index in [4.69, 9.17) is 9.47 Å². The maximum absolute atomic E-state index is 12.0. The van der Waals surface area contributed by atoms with Gasteiger partial charge in [0.15, 0.2) is 6.29 Å². The number of hydrogen-bond donors (Lipinski definition) is 6. The van der Waals surface area contributed by atoms with Gasteiger partial charge in [-0.05, 0) is 124 Å². The lowest BCUT2D eigenvalue weighted by molar-refractivity contribution is -0.331. The van der Waals surface area contributed by atoms with Crippen LogP contribution >= 0.6 is 0 Å². The van der Waals surface area contributed by atoms with E-state index in [1.165, 1.54) is 5.57 Å². The molecule has 6 N–H and O–H groups in total. The van der Waals surface area contributed by atoms with E-state index in [2.05, 4.69) is 47.6 Å². The van der Waals surface area contributed by atoms with E-state index in [9.17, 15) is 30.6 Å². The Hall–Kier alpha value is -0.580. The van der Waals surface area contributed by atoms with Crippen LogP contribution < -0.4 is 0 Å². The molecule has 1 aliphatic heterocycles. The minimum absolute atomic E-state index is 0.0103. The molecule has 0 unspecified atom stereocenters. The fourth-order valence-corrected chi connectivity index (χ4v) is 11.6. The lowest BCUT2D eigenvalue weighted by Crippen LogP contribution is -2.67. The number of fused-ring (bicyclic) bond motifs is 5. The number of allylic oxidation sites excluding steroid dienone is 2. The number of rotatable bonds is 7. The largest absolute Gasteiger partial charge is 0.394 e. The third-order valence-electron chi connectivity index (χ3n) is 14.3. The van der Waals surface area contributed by atoms with Crippen molar-refractivity contribution in [2.45, 2.75) is 162 Å². The van der Waals surface area contributed by atoms with Crippen LogP contribution in [0.15, 0.2) is 11.6 Å². The van der Waals surface area contributed by atoms with E-state index in [1.807, 2.05) is 13.8 Å². The summed E-state index contributed by atoms with van der Waals surface area (Å²) in [4.78, 5) is 0. The molecular weight excluding hydrogens is 560 g/mol. The normalized spacial score (nSPS) is 51.0. The quantitative estimate of drug-likeness (QED) is 0.182. The minimum atomic E-state index is -1.45. The Morgan fingerprint density at radius 3 is 2.18 bits per heavy atom. The van der Waals surface area contributed by atoms with Crippen molar-refractivity contribution in [3.05, 3.63) is 11.6 Å². The maximum Gasteiger partial charge on any atom is 0.186 e. The van der Waals surface area contributed by atoms with Crippen LogP contribution in [-0.4, -0.2) is 85.8 Å². The van der Waals surface area contributed by atoms with Crippen LogP contribution in [0.4, 0.5) is 0 Å². The first-order valence-corrected chi connectivity index (χ1v) is 17.3. The van der Waals surface area contributed by atoms with Gasteiger partial charge in [-0.2, -0.15) is 0 Å². The van der Waals surface area contributed by atoms with Crippen molar-refractivity contribution in [2.24, 2.45) is 45.3 Å². The molecule has 0 spiro atoms. The van der Waals surface area contributed by atoms with Gasteiger partial charge < -0.3 is 40.1 Å². The number of ether oxygens (including phenoxy) is 2. The van der Waals surface area contributed by atoms with Crippen LogP contribution in [0.3, 0.4) is 0 Å². The van der Waals surface area contributed by atoms with Gasteiger partial charge in [-0.1, -0.05) is 46.3 Å². The van der Waals surface area contributed by atoms with Crippen LogP contribution in [0.1, 0.15) is 113 Å². The number of aliphatic hydroxyl groups is 6. The molecule has 8 nitrogen and oxygen atoms in total. The first kappa shape index (κ1) is 34.7. The molecular formula is C36H62O8. The van der Waals surface area contributed by atoms with E-state index in [0.29, 0.717) is 17.8 Å². The van der Waals surface area contributed by atoms with Gasteiger partial charge in [0, 0.05) is 0 Å². The zero-order valence-corrected chi connectivity index (χ0v) is 28.5. The van der Waals surface area contributed by atoms with Gasteiger partial charge in [0.25, 0.3) is 0 Å². The second-order valence-corrected chi connectivity index (χ2v) is 17.4. The van der Waals surface area contributed by atoms with Gasteiger partial charge in [-0.25, -0.2) is 0 Å². The molecule has 0 aromatic heterocycles. The minimum Gasteiger partial charge on any atom is -0.394 e. The Morgan fingerprint density at radius 2 is 1.55 bits per heavy atom.